The van der Waals surface area contributed by atoms with Gasteiger partial charge in [-0.1, -0.05) is 46.1 Å². The summed E-state index contributed by atoms with van der Waals surface area (Å²) >= 11 is 0. The maximum atomic E-state index is 2.41. The van der Waals surface area contributed by atoms with Crippen molar-refractivity contribution >= 4 is 7.92 Å². The van der Waals surface area contributed by atoms with E-state index in [1.807, 2.05) is 0 Å². The van der Waals surface area contributed by atoms with E-state index in [9.17, 15) is 0 Å². The maximum absolute atomic E-state index is 2.41. The third kappa shape index (κ3) is 1.18. The molecule has 0 N–H and O–H groups in total. The first-order valence-electron chi connectivity index (χ1n) is 4.41. The van der Waals surface area contributed by atoms with Gasteiger partial charge in [0.2, 0.25) is 0 Å². The molecule has 1 heteroatoms. The van der Waals surface area contributed by atoms with Crippen molar-refractivity contribution < 1.29 is 0 Å². The Kier molecular flexibility index (Phi) is 1.89. The number of hydrogen-bond donors (Lipinski definition) is 0. The van der Waals surface area contributed by atoms with Crippen LogP contribution in [0.15, 0.2) is 24.3 Å². The normalized spacial score (nSPS) is 42.9. The van der Waals surface area contributed by atoms with Gasteiger partial charge in [0.05, 0.1) is 0 Å². The van der Waals surface area contributed by atoms with Crippen molar-refractivity contribution in [1.29, 1.82) is 0 Å². The smallest absolute Gasteiger partial charge is 0.0161 e. The van der Waals surface area contributed by atoms with Crippen LogP contribution in [0.2, 0.25) is 0 Å². The molecule has 0 aromatic heterocycles. The molecule has 1 saturated heterocycles. The second-order valence-corrected chi connectivity index (χ2v) is 6.90. The Bertz CT molecular complexity index is 185. The zero-order chi connectivity index (χ0) is 7.84. The van der Waals surface area contributed by atoms with Crippen LogP contribution in [-0.2, 0) is 0 Å². The quantitative estimate of drug-likeness (QED) is 0.525. The lowest BCUT2D eigenvalue weighted by atomic mass is 10.2. The van der Waals surface area contributed by atoms with Gasteiger partial charge >= 0.3 is 0 Å². The average molecular weight is 166 g/mol. The van der Waals surface area contributed by atoms with Gasteiger partial charge in [0.15, 0.2) is 0 Å². The van der Waals surface area contributed by atoms with Gasteiger partial charge < -0.3 is 0 Å². The first-order valence-corrected chi connectivity index (χ1v) is 5.96. The monoisotopic (exact) mass is 166 g/mol. The highest BCUT2D eigenvalue weighted by Gasteiger charge is 2.37. The predicted octanol–water partition coefficient (Wildman–Crippen LogP) is 3.14. The molecule has 2 aliphatic rings. The minimum absolute atomic E-state index is 0.305. The molecular formula is C10H15P. The highest BCUT2D eigenvalue weighted by atomic mass is 31.1. The topological polar surface area (TPSA) is 0 Å². The highest BCUT2D eigenvalue weighted by molar-refractivity contribution is 7.62. The molecule has 0 amide bonds. The molecule has 3 atom stereocenters. The lowest BCUT2D eigenvalue weighted by molar-refractivity contribution is 0.701. The molecule has 1 aliphatic heterocycles. The Balaban J connectivity index is 2.04. The molecule has 0 aromatic carbocycles. The van der Waals surface area contributed by atoms with E-state index < -0.39 is 0 Å². The van der Waals surface area contributed by atoms with E-state index in [2.05, 4.69) is 38.2 Å². The van der Waals surface area contributed by atoms with E-state index in [4.69, 9.17) is 0 Å². The molecule has 0 nitrogen and oxygen atoms in total. The molecule has 2 unspecified atom stereocenters. The fraction of sp³-hybridized carbons (Fsp3) is 0.600. The van der Waals surface area contributed by atoms with Crippen LogP contribution in [-0.4, -0.2) is 17.0 Å². The Labute approximate surface area is 70.1 Å². The molecule has 0 radical (unpaired) electrons. The molecule has 0 bridgehead atoms. The van der Waals surface area contributed by atoms with Crippen LogP contribution in [0.25, 0.3) is 0 Å². The van der Waals surface area contributed by atoms with Crippen molar-refractivity contribution in [2.75, 3.05) is 0 Å². The second-order valence-electron chi connectivity index (χ2n) is 3.64. The van der Waals surface area contributed by atoms with Crippen LogP contribution < -0.4 is 0 Å². The minimum Gasteiger partial charge on any atom is -0.0898 e. The lowest BCUT2D eigenvalue weighted by Crippen LogP contribution is -2.29. The SMILES string of the molecule is CC1C[C@@H](C)P1C1C=CC=C1. The van der Waals surface area contributed by atoms with Gasteiger partial charge in [0.25, 0.3) is 0 Å². The van der Waals surface area contributed by atoms with Crippen LogP contribution in [0.5, 0.6) is 0 Å². The summed E-state index contributed by atoms with van der Waals surface area (Å²) in [6.45, 7) is 4.82. The van der Waals surface area contributed by atoms with Gasteiger partial charge in [-0.25, -0.2) is 0 Å². The summed E-state index contributed by atoms with van der Waals surface area (Å²) in [6, 6.07) is 0. The van der Waals surface area contributed by atoms with Crippen LogP contribution in [0.3, 0.4) is 0 Å². The molecule has 1 heterocycles. The maximum Gasteiger partial charge on any atom is 0.0161 e. The van der Waals surface area contributed by atoms with E-state index in [-0.39, 0.29) is 0 Å². The number of rotatable bonds is 1. The molecule has 0 spiro atoms. The molecule has 1 fully saturated rings. The molecule has 1 aliphatic carbocycles. The van der Waals surface area contributed by atoms with E-state index in [0.29, 0.717) is 7.92 Å². The summed E-state index contributed by atoms with van der Waals surface area (Å²) in [4.78, 5) is 0. The summed E-state index contributed by atoms with van der Waals surface area (Å²) in [5.74, 6) is 0. The van der Waals surface area contributed by atoms with Crippen LogP contribution in [0, 0.1) is 0 Å². The molecule has 0 saturated carbocycles. The largest absolute Gasteiger partial charge is 0.0898 e. The summed E-state index contributed by atoms with van der Waals surface area (Å²) in [5, 5.41) is 0. The average Bonchev–Trinajstić information content (AvgIpc) is 2.39. The Hall–Kier alpha value is -0.0900. The van der Waals surface area contributed by atoms with Crippen LogP contribution in [0.4, 0.5) is 0 Å². The van der Waals surface area contributed by atoms with E-state index in [1.165, 1.54) is 6.42 Å². The standard InChI is InChI=1S/C10H15P/c1-8-7-9(2)11(8)10-5-3-4-6-10/h3-6,8-10H,7H2,1-2H3/t8-,9?,11?/m1/s1. The summed E-state index contributed by atoms with van der Waals surface area (Å²) in [7, 11) is 0.305. The van der Waals surface area contributed by atoms with Crippen molar-refractivity contribution in [3.8, 4) is 0 Å². The fourth-order valence-corrected chi connectivity index (χ4v) is 5.61. The van der Waals surface area contributed by atoms with Crippen LogP contribution in [0.1, 0.15) is 20.3 Å². The van der Waals surface area contributed by atoms with Crippen molar-refractivity contribution in [2.45, 2.75) is 37.2 Å². The van der Waals surface area contributed by atoms with E-state index in [0.717, 1.165) is 17.0 Å². The number of allylic oxidation sites excluding steroid dienone is 4. The Morgan fingerprint density at radius 2 is 1.64 bits per heavy atom. The fourth-order valence-electron chi connectivity index (χ4n) is 2.24. The Morgan fingerprint density at radius 1 is 1.09 bits per heavy atom. The summed E-state index contributed by atoms with van der Waals surface area (Å²) in [5.41, 5.74) is 2.85. The minimum atomic E-state index is 0.305. The van der Waals surface area contributed by atoms with E-state index >= 15 is 0 Å². The van der Waals surface area contributed by atoms with Gasteiger partial charge in [-0.2, -0.15) is 0 Å². The predicted molar refractivity (Wildman–Crippen MR) is 52.5 cm³/mol. The van der Waals surface area contributed by atoms with Gasteiger partial charge in [-0.05, 0) is 17.7 Å². The first-order chi connectivity index (χ1) is 5.29. The molecule has 0 aromatic rings. The third-order valence-corrected chi connectivity index (χ3v) is 6.26. The first kappa shape index (κ1) is 7.55. The van der Waals surface area contributed by atoms with Gasteiger partial charge in [-0.15, -0.1) is 0 Å². The van der Waals surface area contributed by atoms with Gasteiger partial charge in [-0.3, -0.25) is 0 Å². The lowest BCUT2D eigenvalue weighted by Gasteiger charge is -2.44. The second kappa shape index (κ2) is 2.75. The van der Waals surface area contributed by atoms with Gasteiger partial charge in [0, 0.05) is 5.66 Å². The molecule has 11 heavy (non-hydrogen) atoms. The molecular weight excluding hydrogens is 151 g/mol. The molecule has 2 rings (SSSR count). The zero-order valence-electron chi connectivity index (χ0n) is 7.20. The molecule has 60 valence electrons. The Morgan fingerprint density at radius 3 is 2.09 bits per heavy atom. The summed E-state index contributed by atoms with van der Waals surface area (Å²) in [6.07, 6.45) is 10.6. The van der Waals surface area contributed by atoms with Crippen LogP contribution >= 0.6 is 7.92 Å². The summed E-state index contributed by atoms with van der Waals surface area (Å²) < 4.78 is 0. The third-order valence-electron chi connectivity index (χ3n) is 2.77. The van der Waals surface area contributed by atoms with E-state index in [1.54, 1.807) is 0 Å². The van der Waals surface area contributed by atoms with Gasteiger partial charge in [0.1, 0.15) is 0 Å². The zero-order valence-corrected chi connectivity index (χ0v) is 8.09. The van der Waals surface area contributed by atoms with Crippen molar-refractivity contribution in [3.63, 3.8) is 0 Å². The van der Waals surface area contributed by atoms with Crippen molar-refractivity contribution in [1.82, 2.24) is 0 Å². The number of hydrogen-bond acceptors (Lipinski definition) is 0. The van der Waals surface area contributed by atoms with Crippen molar-refractivity contribution in [2.24, 2.45) is 0 Å². The van der Waals surface area contributed by atoms with Crippen molar-refractivity contribution in [3.05, 3.63) is 24.3 Å². The highest BCUT2D eigenvalue weighted by Crippen LogP contribution is 2.63.